The van der Waals surface area contributed by atoms with E-state index in [9.17, 15) is 38.7 Å². The number of carbonyl (C=O) groups is 7. The van der Waals surface area contributed by atoms with Crippen molar-refractivity contribution in [2.75, 3.05) is 23.8 Å². The Morgan fingerprint density at radius 2 is 1.16 bits per heavy atom. The highest BCUT2D eigenvalue weighted by atomic mass is 16.6. The fourth-order valence-corrected chi connectivity index (χ4v) is 7.89. The Labute approximate surface area is 408 Å². The van der Waals surface area contributed by atoms with Crippen LogP contribution in [0.15, 0.2) is 103 Å². The molecule has 0 aliphatic rings. The fourth-order valence-electron chi connectivity index (χ4n) is 7.89. The Hall–Kier alpha value is -7.21. The number of hydrogen-bond donors (Lipinski definition) is 4. The molecule has 0 bridgehead atoms. The predicted molar refractivity (Wildman–Crippen MR) is 257 cm³/mol. The van der Waals surface area contributed by atoms with Crippen molar-refractivity contribution in [3.8, 4) is 0 Å². The van der Waals surface area contributed by atoms with Gasteiger partial charge in [-0.1, -0.05) is 99.2 Å². The van der Waals surface area contributed by atoms with Crippen LogP contribution in [0.1, 0.15) is 127 Å². The Kier molecular flexibility index (Phi) is 23.4. The normalized spacial score (nSPS) is 13.9. The molecule has 0 unspecified atom stereocenters. The average molecular weight is 968 g/mol. The second-order valence-electron chi connectivity index (χ2n) is 16.6. The van der Waals surface area contributed by atoms with Crippen molar-refractivity contribution >= 4 is 53.2 Å². The first-order chi connectivity index (χ1) is 33.6. The fraction of sp³-hybridized carbons (Fsp3) is 0.442. The Morgan fingerprint density at radius 3 is 1.76 bits per heavy atom. The zero-order chi connectivity index (χ0) is 50.8. The zero-order valence-electron chi connectivity index (χ0n) is 40.4. The van der Waals surface area contributed by atoms with Gasteiger partial charge in [-0.05, 0) is 54.3 Å². The van der Waals surface area contributed by atoms with Gasteiger partial charge < -0.3 is 44.7 Å². The average Bonchev–Trinajstić information content (AvgIpc) is 3.33. The highest BCUT2D eigenvalue weighted by Crippen LogP contribution is 2.44. The first-order valence-corrected chi connectivity index (χ1v) is 23.4. The van der Waals surface area contributed by atoms with Crippen molar-refractivity contribution in [1.82, 2.24) is 15.3 Å². The van der Waals surface area contributed by atoms with Crippen LogP contribution in [-0.2, 0) is 57.2 Å². The zero-order valence-corrected chi connectivity index (χ0v) is 40.4. The SMILES string of the molecule is CC(=O)OC[C@H](OC(C)=O)[C@@H](OC(C)=O)[C@H](OC(C)=O)[C@@H](OC(C)=O)C(=O)NCCCCCCCCCCC(=O)Nc1ccccc1[C@@H](Nc1ccccn1)[C@H](c1ccccn1)[C@H](O)c1ccccc1. The van der Waals surface area contributed by atoms with E-state index in [0.29, 0.717) is 36.5 Å². The molecule has 376 valence electrons. The molecule has 0 aliphatic heterocycles. The number of unbranched alkanes of at least 4 members (excludes halogenated alkanes) is 7. The number of anilines is 2. The number of amides is 2. The molecule has 4 N–H and O–H groups in total. The maximum absolute atomic E-state index is 13.5. The van der Waals surface area contributed by atoms with Gasteiger partial charge in [0, 0.05) is 71.4 Å². The Bertz CT molecular complexity index is 2290. The van der Waals surface area contributed by atoms with Crippen molar-refractivity contribution < 1.29 is 62.4 Å². The number of benzene rings is 2. The van der Waals surface area contributed by atoms with Crippen molar-refractivity contribution in [2.45, 2.75) is 135 Å². The molecule has 4 rings (SSSR count). The van der Waals surface area contributed by atoms with Crippen LogP contribution in [0.25, 0.3) is 0 Å². The summed E-state index contributed by atoms with van der Waals surface area (Å²) < 4.78 is 26.2. The summed E-state index contributed by atoms with van der Waals surface area (Å²) in [6, 6.07) is 27.5. The number of nitrogens with zero attached hydrogens (tertiary/aromatic N) is 2. The lowest BCUT2D eigenvalue weighted by Gasteiger charge is -2.34. The highest BCUT2D eigenvalue weighted by molar-refractivity contribution is 5.91. The van der Waals surface area contributed by atoms with Crippen molar-refractivity contribution in [1.29, 1.82) is 0 Å². The third-order valence-corrected chi connectivity index (χ3v) is 10.9. The van der Waals surface area contributed by atoms with Gasteiger partial charge in [-0.15, -0.1) is 0 Å². The smallest absolute Gasteiger partial charge is 0.303 e. The molecule has 2 heterocycles. The van der Waals surface area contributed by atoms with E-state index in [0.717, 1.165) is 84.3 Å². The van der Waals surface area contributed by atoms with Crippen LogP contribution < -0.4 is 16.0 Å². The molecule has 0 spiro atoms. The monoisotopic (exact) mass is 967 g/mol. The van der Waals surface area contributed by atoms with Crippen LogP contribution in [0.3, 0.4) is 0 Å². The molecule has 0 radical (unpaired) electrons. The van der Waals surface area contributed by atoms with E-state index >= 15 is 0 Å². The van der Waals surface area contributed by atoms with Gasteiger partial charge in [-0.25, -0.2) is 4.98 Å². The minimum atomic E-state index is -1.84. The summed E-state index contributed by atoms with van der Waals surface area (Å²) in [5.41, 5.74) is 2.76. The number of pyridine rings is 2. The first-order valence-electron chi connectivity index (χ1n) is 23.4. The summed E-state index contributed by atoms with van der Waals surface area (Å²) in [7, 11) is 0. The summed E-state index contributed by atoms with van der Waals surface area (Å²) in [5, 5.41) is 21.4. The largest absolute Gasteiger partial charge is 0.462 e. The van der Waals surface area contributed by atoms with Crippen LogP contribution in [0.2, 0.25) is 0 Å². The van der Waals surface area contributed by atoms with E-state index < -0.39 is 84.8 Å². The van der Waals surface area contributed by atoms with E-state index in [4.69, 9.17) is 23.7 Å². The Balaban J connectivity index is 1.29. The van der Waals surface area contributed by atoms with Gasteiger partial charge in [0.05, 0.1) is 18.1 Å². The van der Waals surface area contributed by atoms with E-state index in [-0.39, 0.29) is 12.5 Å². The summed E-state index contributed by atoms with van der Waals surface area (Å²) in [6.45, 7) is 4.75. The molecular formula is C52H65N5O13. The van der Waals surface area contributed by atoms with Crippen LogP contribution in [0, 0.1) is 0 Å². The van der Waals surface area contributed by atoms with Gasteiger partial charge in [-0.2, -0.15) is 0 Å². The summed E-state index contributed by atoms with van der Waals surface area (Å²) in [5.74, 6) is -5.37. The molecule has 0 saturated carbocycles. The molecule has 0 fully saturated rings. The number of aliphatic hydroxyl groups excluding tert-OH is 1. The van der Waals surface area contributed by atoms with Gasteiger partial charge in [0.25, 0.3) is 5.91 Å². The molecule has 18 nitrogen and oxygen atoms in total. The second-order valence-corrected chi connectivity index (χ2v) is 16.6. The summed E-state index contributed by atoms with van der Waals surface area (Å²) >= 11 is 0. The van der Waals surface area contributed by atoms with E-state index in [1.165, 1.54) is 0 Å². The third-order valence-electron chi connectivity index (χ3n) is 10.9. The molecular weight excluding hydrogens is 903 g/mol. The lowest BCUT2D eigenvalue weighted by Crippen LogP contribution is -2.57. The van der Waals surface area contributed by atoms with Gasteiger partial charge in [-0.3, -0.25) is 38.5 Å². The first kappa shape index (κ1) is 55.4. The van der Waals surface area contributed by atoms with Crippen LogP contribution in [-0.4, -0.2) is 94.3 Å². The van der Waals surface area contributed by atoms with Crippen LogP contribution in [0.4, 0.5) is 11.5 Å². The number of aromatic nitrogens is 2. The van der Waals surface area contributed by atoms with Crippen LogP contribution >= 0.6 is 0 Å². The number of aliphatic hydroxyl groups is 1. The minimum Gasteiger partial charge on any atom is -0.462 e. The standard InChI is InChI=1S/C52H65N5O13/c1-34(58)66-33-43(67-35(2)59)49(68-36(3)60)50(69-37(4)61)51(70-38(5)62)52(65)55-32-20-11-9-7-6-8-10-15-29-45(63)56-41-26-17-16-25-40(41)47(57-44-28-19-22-31-54-44)46(42-27-18-21-30-53-42)48(64)39-23-13-12-14-24-39/h12-14,16-19,21-28,30-31,43,46-51,64H,6-11,15,20,29,32-33H2,1-5H3,(H,54,57)(H,55,65)(H,56,63)/t43-,46-,47+,48+,49+,50-,51+/m0/s1. The maximum Gasteiger partial charge on any atom is 0.303 e. The van der Waals surface area contributed by atoms with Crippen molar-refractivity contribution in [3.63, 3.8) is 0 Å². The van der Waals surface area contributed by atoms with E-state index in [1.807, 2.05) is 91.0 Å². The van der Waals surface area contributed by atoms with Crippen LogP contribution in [0.5, 0.6) is 0 Å². The number of nitrogens with one attached hydrogen (secondary N) is 3. The van der Waals surface area contributed by atoms with E-state index in [2.05, 4.69) is 25.9 Å². The lowest BCUT2D eigenvalue weighted by atomic mass is 9.82. The molecule has 4 aromatic rings. The van der Waals surface area contributed by atoms with E-state index in [1.54, 1.807) is 12.4 Å². The molecule has 0 saturated heterocycles. The number of carbonyl (C=O) groups excluding carboxylic acids is 7. The van der Waals surface area contributed by atoms with Gasteiger partial charge in [0.15, 0.2) is 18.3 Å². The minimum absolute atomic E-state index is 0.132. The lowest BCUT2D eigenvalue weighted by molar-refractivity contribution is -0.203. The number of hydrogen-bond acceptors (Lipinski definition) is 16. The molecule has 7 atom stereocenters. The summed E-state index contributed by atoms with van der Waals surface area (Å²) in [4.78, 5) is 96.3. The quantitative estimate of drug-likeness (QED) is 0.0243. The van der Waals surface area contributed by atoms with Gasteiger partial charge in [0.2, 0.25) is 12.0 Å². The number of rotatable bonds is 29. The topological polar surface area (TPSA) is 248 Å². The van der Waals surface area contributed by atoms with Crippen molar-refractivity contribution in [3.05, 3.63) is 120 Å². The maximum atomic E-state index is 13.5. The second kappa shape index (κ2) is 29.6. The summed E-state index contributed by atoms with van der Waals surface area (Å²) in [6.07, 6.45) is 2.29. The predicted octanol–water partition coefficient (Wildman–Crippen LogP) is 7.00. The van der Waals surface area contributed by atoms with Crippen molar-refractivity contribution in [2.24, 2.45) is 0 Å². The van der Waals surface area contributed by atoms with Gasteiger partial charge >= 0.3 is 29.8 Å². The number of para-hydroxylation sites is 1. The van der Waals surface area contributed by atoms with Gasteiger partial charge in [0.1, 0.15) is 12.4 Å². The molecule has 0 aliphatic carbocycles. The number of esters is 5. The highest BCUT2D eigenvalue weighted by Gasteiger charge is 2.47. The molecule has 2 amide bonds. The molecule has 2 aromatic heterocycles. The molecule has 70 heavy (non-hydrogen) atoms. The molecule has 18 heteroatoms. The third kappa shape index (κ3) is 19.1. The number of ether oxygens (including phenoxy) is 5. The molecule has 2 aromatic carbocycles. The Morgan fingerprint density at radius 1 is 0.586 bits per heavy atom.